The van der Waals surface area contributed by atoms with Crippen molar-refractivity contribution in [2.24, 2.45) is 11.7 Å². The summed E-state index contributed by atoms with van der Waals surface area (Å²) in [6, 6.07) is 2.88. The van der Waals surface area contributed by atoms with E-state index < -0.39 is 11.6 Å². The predicted octanol–water partition coefficient (Wildman–Crippen LogP) is 2.86. The van der Waals surface area contributed by atoms with Gasteiger partial charge in [-0.2, -0.15) is 0 Å². The lowest BCUT2D eigenvalue weighted by Gasteiger charge is -2.18. The molecular weight excluding hydrogens is 288 g/mol. The smallest absolute Gasteiger partial charge is 0.267 e. The summed E-state index contributed by atoms with van der Waals surface area (Å²) in [6.07, 6.45) is 0.755. The second kappa shape index (κ2) is 6.44. The molecule has 120 valence electrons. The van der Waals surface area contributed by atoms with Crippen LogP contribution in [0.3, 0.4) is 0 Å². The Morgan fingerprint density at radius 3 is 2.59 bits per heavy atom. The summed E-state index contributed by atoms with van der Waals surface area (Å²) in [5.41, 5.74) is 6.05. The monoisotopic (exact) mass is 309 g/mol. The molecule has 0 spiro atoms. The lowest BCUT2D eigenvalue weighted by Crippen LogP contribution is -2.41. The standard InChI is InChI=1S/C16H21F2N3O/c1-8(2)4-11(7-19)20-16(22)12-6-10-5-9(3)13(17)14(18)15(10)21-12/h5-6,8,11,21H,4,7,19H2,1-3H3,(H,20,22)/t11-/m0/s1. The summed E-state index contributed by atoms with van der Waals surface area (Å²) < 4.78 is 27.4. The molecule has 2 aromatic rings. The number of carbonyl (C=O) groups excluding carboxylic acids is 1. The van der Waals surface area contributed by atoms with Gasteiger partial charge in [-0.25, -0.2) is 8.78 Å². The first-order valence-electron chi connectivity index (χ1n) is 7.31. The van der Waals surface area contributed by atoms with Gasteiger partial charge in [0.2, 0.25) is 0 Å². The van der Waals surface area contributed by atoms with Gasteiger partial charge in [0.05, 0.1) is 5.52 Å². The van der Waals surface area contributed by atoms with Crippen LogP contribution in [0, 0.1) is 24.5 Å². The van der Waals surface area contributed by atoms with E-state index in [0.717, 1.165) is 6.42 Å². The summed E-state index contributed by atoms with van der Waals surface area (Å²) in [5, 5.41) is 3.28. The molecule has 0 bridgehead atoms. The number of hydrogen-bond acceptors (Lipinski definition) is 2. The van der Waals surface area contributed by atoms with Gasteiger partial charge >= 0.3 is 0 Å². The van der Waals surface area contributed by atoms with E-state index in [4.69, 9.17) is 5.73 Å². The number of nitrogens with two attached hydrogens (primary N) is 1. The molecule has 0 aliphatic heterocycles. The molecule has 0 saturated heterocycles. The summed E-state index contributed by atoms with van der Waals surface area (Å²) in [7, 11) is 0. The molecule has 4 nitrogen and oxygen atoms in total. The van der Waals surface area contributed by atoms with Crippen molar-refractivity contribution in [3.8, 4) is 0 Å². The first-order valence-corrected chi connectivity index (χ1v) is 7.31. The van der Waals surface area contributed by atoms with Crippen LogP contribution in [-0.2, 0) is 0 Å². The number of nitrogens with one attached hydrogen (secondary N) is 2. The van der Waals surface area contributed by atoms with Gasteiger partial charge in [0.25, 0.3) is 5.91 Å². The fourth-order valence-corrected chi connectivity index (χ4v) is 2.51. The molecule has 0 fully saturated rings. The minimum Gasteiger partial charge on any atom is -0.348 e. The fourth-order valence-electron chi connectivity index (χ4n) is 2.51. The third-order valence-corrected chi connectivity index (χ3v) is 3.60. The molecule has 0 radical (unpaired) electrons. The molecule has 1 aromatic carbocycles. The van der Waals surface area contributed by atoms with Gasteiger partial charge in [0, 0.05) is 18.0 Å². The van der Waals surface area contributed by atoms with Crippen LogP contribution in [0.1, 0.15) is 36.3 Å². The molecule has 1 heterocycles. The molecule has 6 heteroatoms. The number of aromatic amines is 1. The van der Waals surface area contributed by atoms with E-state index in [1.54, 1.807) is 0 Å². The van der Waals surface area contributed by atoms with Crippen molar-refractivity contribution < 1.29 is 13.6 Å². The number of aromatic nitrogens is 1. The number of rotatable bonds is 5. The van der Waals surface area contributed by atoms with Crippen molar-refractivity contribution in [3.63, 3.8) is 0 Å². The SMILES string of the molecule is Cc1cc2cc(C(=O)N[C@H](CN)CC(C)C)[nH]c2c(F)c1F. The molecule has 1 amide bonds. The highest BCUT2D eigenvalue weighted by atomic mass is 19.2. The average molecular weight is 309 g/mol. The molecule has 0 unspecified atom stereocenters. The lowest BCUT2D eigenvalue weighted by molar-refractivity contribution is 0.0929. The second-order valence-corrected chi connectivity index (χ2v) is 6.00. The van der Waals surface area contributed by atoms with E-state index in [1.807, 2.05) is 13.8 Å². The molecule has 0 aliphatic rings. The molecule has 1 atom stereocenters. The van der Waals surface area contributed by atoms with Crippen LogP contribution < -0.4 is 11.1 Å². The van der Waals surface area contributed by atoms with Gasteiger partial charge in [0.1, 0.15) is 5.69 Å². The van der Waals surface area contributed by atoms with Gasteiger partial charge < -0.3 is 16.0 Å². The van der Waals surface area contributed by atoms with Crippen molar-refractivity contribution in [1.82, 2.24) is 10.3 Å². The zero-order chi connectivity index (χ0) is 16.4. The third-order valence-electron chi connectivity index (χ3n) is 3.60. The normalized spacial score (nSPS) is 12.9. The van der Waals surface area contributed by atoms with Crippen LogP contribution in [0.25, 0.3) is 10.9 Å². The van der Waals surface area contributed by atoms with E-state index in [-0.39, 0.29) is 28.7 Å². The maximum Gasteiger partial charge on any atom is 0.267 e. The largest absolute Gasteiger partial charge is 0.348 e. The zero-order valence-electron chi connectivity index (χ0n) is 13.0. The highest BCUT2D eigenvalue weighted by Crippen LogP contribution is 2.24. The van der Waals surface area contributed by atoms with Crippen molar-refractivity contribution in [2.75, 3.05) is 6.54 Å². The highest BCUT2D eigenvalue weighted by molar-refractivity contribution is 5.98. The molecular formula is C16H21F2N3O. The molecule has 2 rings (SSSR count). The summed E-state index contributed by atoms with van der Waals surface area (Å²) in [6.45, 7) is 5.89. The van der Waals surface area contributed by atoms with Crippen molar-refractivity contribution in [2.45, 2.75) is 33.2 Å². The van der Waals surface area contributed by atoms with E-state index in [1.165, 1.54) is 19.1 Å². The van der Waals surface area contributed by atoms with E-state index >= 15 is 0 Å². The van der Waals surface area contributed by atoms with Gasteiger partial charge in [-0.05, 0) is 37.0 Å². The molecule has 0 aliphatic carbocycles. The Kier molecular flexibility index (Phi) is 4.81. The van der Waals surface area contributed by atoms with Crippen LogP contribution >= 0.6 is 0 Å². The van der Waals surface area contributed by atoms with Crippen LogP contribution in [0.15, 0.2) is 12.1 Å². The molecule has 1 aromatic heterocycles. The third kappa shape index (κ3) is 3.27. The number of aryl methyl sites for hydroxylation is 1. The maximum atomic E-state index is 13.9. The summed E-state index contributed by atoms with van der Waals surface area (Å²) in [4.78, 5) is 14.9. The minimum absolute atomic E-state index is 0.00130. The summed E-state index contributed by atoms with van der Waals surface area (Å²) >= 11 is 0. The Labute approximate surface area is 128 Å². The average Bonchev–Trinajstić information content (AvgIpc) is 2.87. The number of H-pyrrole nitrogens is 1. The summed E-state index contributed by atoms with van der Waals surface area (Å²) in [5.74, 6) is -1.84. The number of carbonyl (C=O) groups is 1. The Morgan fingerprint density at radius 2 is 2.00 bits per heavy atom. The van der Waals surface area contributed by atoms with Crippen LogP contribution in [-0.4, -0.2) is 23.5 Å². The minimum atomic E-state index is -0.966. The van der Waals surface area contributed by atoms with Gasteiger partial charge in [0.15, 0.2) is 11.6 Å². The van der Waals surface area contributed by atoms with Gasteiger partial charge in [-0.1, -0.05) is 13.8 Å². The first-order chi connectivity index (χ1) is 10.3. The second-order valence-electron chi connectivity index (χ2n) is 6.00. The number of halogens is 2. The molecule has 0 saturated carbocycles. The number of benzene rings is 1. The Bertz CT molecular complexity index is 694. The van der Waals surface area contributed by atoms with Gasteiger partial charge in [-0.15, -0.1) is 0 Å². The fraction of sp³-hybridized carbons (Fsp3) is 0.438. The van der Waals surface area contributed by atoms with E-state index in [0.29, 0.717) is 17.8 Å². The quantitative estimate of drug-likeness (QED) is 0.795. The van der Waals surface area contributed by atoms with Crippen molar-refractivity contribution in [1.29, 1.82) is 0 Å². The lowest BCUT2D eigenvalue weighted by atomic mass is 10.0. The molecule has 22 heavy (non-hydrogen) atoms. The first kappa shape index (κ1) is 16.4. The van der Waals surface area contributed by atoms with Crippen molar-refractivity contribution >= 4 is 16.8 Å². The van der Waals surface area contributed by atoms with Crippen LogP contribution in [0.4, 0.5) is 8.78 Å². The zero-order valence-corrected chi connectivity index (χ0v) is 13.0. The molecule has 4 N–H and O–H groups in total. The Balaban J connectivity index is 2.27. The topological polar surface area (TPSA) is 70.9 Å². The number of amides is 1. The maximum absolute atomic E-state index is 13.9. The Morgan fingerprint density at radius 1 is 1.32 bits per heavy atom. The Hall–Kier alpha value is -1.95. The van der Waals surface area contributed by atoms with Crippen molar-refractivity contribution in [3.05, 3.63) is 35.0 Å². The number of fused-ring (bicyclic) bond motifs is 1. The van der Waals surface area contributed by atoms with Crippen LogP contribution in [0.2, 0.25) is 0 Å². The number of hydrogen-bond donors (Lipinski definition) is 3. The van der Waals surface area contributed by atoms with E-state index in [9.17, 15) is 13.6 Å². The highest BCUT2D eigenvalue weighted by Gasteiger charge is 2.18. The van der Waals surface area contributed by atoms with Crippen LogP contribution in [0.5, 0.6) is 0 Å². The predicted molar refractivity (Wildman–Crippen MR) is 82.7 cm³/mol. The van der Waals surface area contributed by atoms with E-state index in [2.05, 4.69) is 10.3 Å². The van der Waals surface area contributed by atoms with Gasteiger partial charge in [-0.3, -0.25) is 4.79 Å².